The second-order valence-electron chi connectivity index (χ2n) is 10.4. The predicted octanol–water partition coefficient (Wildman–Crippen LogP) is 5.82. The van der Waals surface area contributed by atoms with Crippen LogP contribution in [0.4, 0.5) is 17.6 Å². The van der Waals surface area contributed by atoms with E-state index in [0.29, 0.717) is 17.5 Å². The minimum absolute atomic E-state index is 0.0840. The van der Waals surface area contributed by atoms with Crippen LogP contribution in [-0.2, 0) is 12.7 Å². The number of nitrogens with zero attached hydrogens (tertiary/aromatic N) is 2. The van der Waals surface area contributed by atoms with Crippen LogP contribution in [0.2, 0.25) is 0 Å². The molecule has 1 heterocycles. The molecule has 2 aliphatic carbocycles. The van der Waals surface area contributed by atoms with Crippen molar-refractivity contribution in [1.29, 1.82) is 0 Å². The Morgan fingerprint density at radius 2 is 1.85 bits per heavy atom. The summed E-state index contributed by atoms with van der Waals surface area (Å²) in [6, 6.07) is 16.7. The molecule has 3 unspecified atom stereocenters. The molecule has 0 saturated heterocycles. The van der Waals surface area contributed by atoms with Crippen LogP contribution in [0, 0.1) is 17.8 Å². The Balaban J connectivity index is 1.47. The van der Waals surface area contributed by atoms with Crippen LogP contribution in [0.25, 0.3) is 5.69 Å². The standard InChI is InChI=1S/C30H31F4N5O/c1-18-12-24(31)25(14-23(18)28(36-17-19-10-11-19)21-7-3-2-4-8-21)37-29(40)26-15-27(30(32,33)34)38-39(26)22-9-5-6-20(13-22)16-35/h2-9,12-15,18-19,23,28,36H,10-11,16-17,35H2,1H3,(H,37,40). The van der Waals surface area contributed by atoms with Gasteiger partial charge in [0.15, 0.2) is 5.69 Å². The van der Waals surface area contributed by atoms with E-state index in [-0.39, 0.29) is 41.5 Å². The van der Waals surface area contributed by atoms with Gasteiger partial charge in [-0.25, -0.2) is 9.07 Å². The van der Waals surface area contributed by atoms with Gasteiger partial charge in [-0.1, -0.05) is 55.5 Å². The molecule has 0 bridgehead atoms. The molecule has 4 N–H and O–H groups in total. The van der Waals surface area contributed by atoms with E-state index < -0.39 is 23.6 Å². The summed E-state index contributed by atoms with van der Waals surface area (Å²) >= 11 is 0. The van der Waals surface area contributed by atoms with E-state index in [0.717, 1.165) is 16.8 Å². The molecule has 3 aromatic rings. The number of hydrogen-bond acceptors (Lipinski definition) is 4. The number of alkyl halides is 3. The normalized spacial score (nSPS) is 20.1. The summed E-state index contributed by atoms with van der Waals surface area (Å²) in [5.74, 6) is -1.35. The molecule has 210 valence electrons. The third-order valence-corrected chi connectivity index (χ3v) is 7.37. The van der Waals surface area contributed by atoms with Crippen LogP contribution in [0.3, 0.4) is 0 Å². The van der Waals surface area contributed by atoms with Crippen molar-refractivity contribution in [3.05, 3.63) is 107 Å². The average molecular weight is 554 g/mol. The molecule has 6 nitrogen and oxygen atoms in total. The van der Waals surface area contributed by atoms with Crippen molar-refractivity contribution in [2.24, 2.45) is 23.5 Å². The van der Waals surface area contributed by atoms with Gasteiger partial charge >= 0.3 is 6.18 Å². The number of halogens is 4. The number of amides is 1. The smallest absolute Gasteiger partial charge is 0.326 e. The summed E-state index contributed by atoms with van der Waals surface area (Å²) in [5, 5.41) is 9.80. The molecule has 40 heavy (non-hydrogen) atoms. The minimum atomic E-state index is -4.78. The Morgan fingerprint density at radius 3 is 2.52 bits per heavy atom. The quantitative estimate of drug-likeness (QED) is 0.292. The summed E-state index contributed by atoms with van der Waals surface area (Å²) in [6.07, 6.45) is 0.663. The molecule has 3 atom stereocenters. The number of carbonyl (C=O) groups is 1. The van der Waals surface area contributed by atoms with Crippen molar-refractivity contribution in [1.82, 2.24) is 20.4 Å². The maximum atomic E-state index is 15.2. The fourth-order valence-electron chi connectivity index (χ4n) is 4.99. The zero-order chi connectivity index (χ0) is 28.4. The van der Waals surface area contributed by atoms with Gasteiger partial charge in [0, 0.05) is 24.6 Å². The van der Waals surface area contributed by atoms with Crippen LogP contribution in [0.5, 0.6) is 0 Å². The van der Waals surface area contributed by atoms with Crippen LogP contribution in [0.1, 0.15) is 53.1 Å². The SMILES string of the molecule is CC1C=C(F)C(NC(=O)c2cc(C(F)(F)F)nn2-c2cccc(CN)c2)=CC1C(NCC1CC1)c1ccccc1. The van der Waals surface area contributed by atoms with Gasteiger partial charge in [-0.2, -0.15) is 18.3 Å². The average Bonchev–Trinajstić information content (AvgIpc) is 3.64. The second-order valence-corrected chi connectivity index (χ2v) is 10.4. The molecule has 2 aliphatic rings. The third kappa shape index (κ3) is 6.18. The first kappa shape index (κ1) is 27.8. The molecule has 0 spiro atoms. The summed E-state index contributed by atoms with van der Waals surface area (Å²) in [4.78, 5) is 13.4. The first-order valence-electron chi connectivity index (χ1n) is 13.3. The molecule has 2 aromatic carbocycles. The highest BCUT2D eigenvalue weighted by Crippen LogP contribution is 2.38. The maximum Gasteiger partial charge on any atom is 0.435 e. The topological polar surface area (TPSA) is 85.0 Å². The highest BCUT2D eigenvalue weighted by molar-refractivity contribution is 5.95. The fraction of sp³-hybridized carbons (Fsp3) is 0.333. The number of carbonyl (C=O) groups excluding carboxylic acids is 1. The van der Waals surface area contributed by atoms with E-state index in [1.54, 1.807) is 24.3 Å². The lowest BCUT2D eigenvalue weighted by Gasteiger charge is -2.33. The highest BCUT2D eigenvalue weighted by Gasteiger charge is 2.37. The Morgan fingerprint density at radius 1 is 1.10 bits per heavy atom. The minimum Gasteiger partial charge on any atom is -0.326 e. The molecule has 5 rings (SSSR count). The lowest BCUT2D eigenvalue weighted by Crippen LogP contribution is -2.35. The van der Waals surface area contributed by atoms with E-state index in [1.165, 1.54) is 25.0 Å². The first-order valence-corrected chi connectivity index (χ1v) is 13.3. The van der Waals surface area contributed by atoms with E-state index in [4.69, 9.17) is 5.73 Å². The maximum absolute atomic E-state index is 15.2. The summed E-state index contributed by atoms with van der Waals surface area (Å²) in [6.45, 7) is 2.89. The molecule has 1 aromatic heterocycles. The second kappa shape index (κ2) is 11.4. The summed E-state index contributed by atoms with van der Waals surface area (Å²) in [7, 11) is 0. The van der Waals surface area contributed by atoms with Gasteiger partial charge in [-0.3, -0.25) is 4.79 Å². The van der Waals surface area contributed by atoms with Crippen molar-refractivity contribution < 1.29 is 22.4 Å². The van der Waals surface area contributed by atoms with Crippen LogP contribution >= 0.6 is 0 Å². The highest BCUT2D eigenvalue weighted by atomic mass is 19.4. The van der Waals surface area contributed by atoms with Gasteiger partial charge in [0.2, 0.25) is 0 Å². The third-order valence-electron chi connectivity index (χ3n) is 7.37. The molecule has 1 saturated carbocycles. The van der Waals surface area contributed by atoms with Crippen molar-refractivity contribution >= 4 is 5.91 Å². The van der Waals surface area contributed by atoms with Gasteiger partial charge in [0.1, 0.15) is 11.5 Å². The van der Waals surface area contributed by atoms with Gasteiger partial charge in [-0.05, 0) is 60.6 Å². The van der Waals surface area contributed by atoms with Gasteiger partial charge < -0.3 is 16.4 Å². The Labute approximate surface area is 229 Å². The van der Waals surface area contributed by atoms with Crippen molar-refractivity contribution in [2.45, 2.75) is 38.5 Å². The van der Waals surface area contributed by atoms with Crippen molar-refractivity contribution in [3.63, 3.8) is 0 Å². The molecule has 1 fully saturated rings. The zero-order valence-corrected chi connectivity index (χ0v) is 22.0. The molecule has 10 heteroatoms. The number of allylic oxidation sites excluding steroid dienone is 2. The van der Waals surface area contributed by atoms with Crippen molar-refractivity contribution in [2.75, 3.05) is 6.54 Å². The molecule has 0 aliphatic heterocycles. The number of rotatable bonds is 9. The van der Waals surface area contributed by atoms with E-state index in [2.05, 4.69) is 15.7 Å². The molecular weight excluding hydrogens is 522 g/mol. The van der Waals surface area contributed by atoms with E-state index in [1.807, 2.05) is 37.3 Å². The number of aromatic nitrogens is 2. The van der Waals surface area contributed by atoms with Crippen LogP contribution in [0.15, 0.2) is 84.3 Å². The number of nitrogens with one attached hydrogen (secondary N) is 2. The van der Waals surface area contributed by atoms with E-state index in [9.17, 15) is 18.0 Å². The summed E-state index contributed by atoms with van der Waals surface area (Å²) < 4.78 is 56.9. The lowest BCUT2D eigenvalue weighted by molar-refractivity contribution is -0.141. The fourth-order valence-corrected chi connectivity index (χ4v) is 4.99. The van der Waals surface area contributed by atoms with E-state index >= 15 is 4.39 Å². The molecular formula is C30H31F4N5O. The van der Waals surface area contributed by atoms with Gasteiger partial charge in [0.05, 0.1) is 11.4 Å². The predicted molar refractivity (Wildman–Crippen MR) is 144 cm³/mol. The Kier molecular flexibility index (Phi) is 7.91. The number of benzene rings is 2. The lowest BCUT2D eigenvalue weighted by atomic mass is 9.80. The Hall–Kier alpha value is -3.76. The Bertz CT molecular complexity index is 1430. The number of nitrogens with two attached hydrogens (primary N) is 1. The molecule has 0 radical (unpaired) electrons. The van der Waals surface area contributed by atoms with Gasteiger partial charge in [-0.15, -0.1) is 0 Å². The first-order chi connectivity index (χ1) is 19.1. The number of hydrogen-bond donors (Lipinski definition) is 3. The van der Waals surface area contributed by atoms with Gasteiger partial charge in [0.25, 0.3) is 5.91 Å². The zero-order valence-electron chi connectivity index (χ0n) is 22.0. The van der Waals surface area contributed by atoms with Crippen LogP contribution < -0.4 is 16.4 Å². The largest absolute Gasteiger partial charge is 0.435 e. The molecule has 1 amide bonds. The summed E-state index contributed by atoms with van der Waals surface area (Å²) in [5.41, 5.74) is 5.91. The monoisotopic (exact) mass is 553 g/mol. The van der Waals surface area contributed by atoms with Crippen LogP contribution in [-0.4, -0.2) is 22.2 Å². The van der Waals surface area contributed by atoms with Crippen molar-refractivity contribution in [3.8, 4) is 5.69 Å².